The number of amides is 1. The Kier molecular flexibility index (Phi) is 5.55. The van der Waals surface area contributed by atoms with Gasteiger partial charge in [0.2, 0.25) is 5.95 Å². The molecule has 1 amide bonds. The third kappa shape index (κ3) is 4.51. The van der Waals surface area contributed by atoms with Crippen molar-refractivity contribution in [3.05, 3.63) is 53.6 Å². The van der Waals surface area contributed by atoms with E-state index in [1.54, 1.807) is 24.4 Å². The molecule has 1 fully saturated rings. The zero-order valence-corrected chi connectivity index (χ0v) is 14.3. The molecule has 1 aromatic heterocycles. The number of aromatic nitrogens is 2. The number of piperazine rings is 1. The zero-order chi connectivity index (χ0) is 17.6. The Hall–Kier alpha value is -2.54. The van der Waals surface area contributed by atoms with Crippen LogP contribution in [0.25, 0.3) is 0 Å². The highest BCUT2D eigenvalue weighted by molar-refractivity contribution is 5.92. The van der Waals surface area contributed by atoms with E-state index in [-0.39, 0.29) is 11.7 Å². The molecular formula is C18H22FN5O. The van der Waals surface area contributed by atoms with Gasteiger partial charge in [0.1, 0.15) is 11.5 Å². The molecule has 1 saturated heterocycles. The van der Waals surface area contributed by atoms with Gasteiger partial charge in [-0.2, -0.15) is 0 Å². The standard InChI is InChI=1S/C18H22FN5O/c1-23-10-12-24(13-11-23)17(25)16-7-9-21-18(22-16)20-8-6-14-4-2-3-5-15(14)19/h2-5,7,9H,6,8,10-13H2,1H3,(H,20,21,22). The predicted molar refractivity (Wildman–Crippen MR) is 94.0 cm³/mol. The molecule has 0 spiro atoms. The van der Waals surface area contributed by atoms with Gasteiger partial charge in [0, 0.05) is 38.9 Å². The van der Waals surface area contributed by atoms with Crippen molar-refractivity contribution in [2.45, 2.75) is 6.42 Å². The summed E-state index contributed by atoms with van der Waals surface area (Å²) >= 11 is 0. The second-order valence-corrected chi connectivity index (χ2v) is 6.13. The Bertz CT molecular complexity index is 731. The van der Waals surface area contributed by atoms with Crippen LogP contribution in [0.1, 0.15) is 16.1 Å². The van der Waals surface area contributed by atoms with Crippen molar-refractivity contribution in [3.8, 4) is 0 Å². The number of anilines is 1. The van der Waals surface area contributed by atoms with E-state index in [1.165, 1.54) is 6.07 Å². The fourth-order valence-corrected chi connectivity index (χ4v) is 2.74. The van der Waals surface area contributed by atoms with Crippen LogP contribution < -0.4 is 5.32 Å². The Labute approximate surface area is 146 Å². The summed E-state index contributed by atoms with van der Waals surface area (Å²) in [7, 11) is 2.05. The average Bonchev–Trinajstić information content (AvgIpc) is 2.64. The fraction of sp³-hybridized carbons (Fsp3) is 0.389. The molecule has 2 aromatic rings. The summed E-state index contributed by atoms with van der Waals surface area (Å²) in [4.78, 5) is 25.0. The second kappa shape index (κ2) is 8.02. The molecule has 0 atom stereocenters. The van der Waals surface area contributed by atoms with Gasteiger partial charge in [0.05, 0.1) is 0 Å². The van der Waals surface area contributed by atoms with Gasteiger partial charge in [-0.1, -0.05) is 18.2 Å². The largest absolute Gasteiger partial charge is 0.354 e. The summed E-state index contributed by atoms with van der Waals surface area (Å²) in [6, 6.07) is 8.31. The highest BCUT2D eigenvalue weighted by Crippen LogP contribution is 2.09. The van der Waals surface area contributed by atoms with Gasteiger partial charge >= 0.3 is 0 Å². The van der Waals surface area contributed by atoms with Gasteiger partial charge in [-0.15, -0.1) is 0 Å². The zero-order valence-electron chi connectivity index (χ0n) is 14.3. The summed E-state index contributed by atoms with van der Waals surface area (Å²) in [5.74, 6) is 0.0909. The number of rotatable bonds is 5. The van der Waals surface area contributed by atoms with E-state index < -0.39 is 0 Å². The third-order valence-corrected chi connectivity index (χ3v) is 4.30. The quantitative estimate of drug-likeness (QED) is 0.895. The number of carbonyl (C=O) groups is 1. The van der Waals surface area contributed by atoms with Gasteiger partial charge in [-0.05, 0) is 31.2 Å². The number of carbonyl (C=O) groups excluding carboxylic acids is 1. The molecule has 0 aliphatic carbocycles. The maximum absolute atomic E-state index is 13.6. The summed E-state index contributed by atoms with van der Waals surface area (Å²) in [6.07, 6.45) is 2.09. The van der Waals surface area contributed by atoms with Crippen LogP contribution in [0.5, 0.6) is 0 Å². The Morgan fingerprint density at radius 3 is 2.72 bits per heavy atom. The van der Waals surface area contributed by atoms with Gasteiger partial charge in [0.15, 0.2) is 0 Å². The van der Waals surface area contributed by atoms with Crippen molar-refractivity contribution < 1.29 is 9.18 Å². The number of benzene rings is 1. The van der Waals surface area contributed by atoms with Crippen molar-refractivity contribution in [1.29, 1.82) is 0 Å². The molecule has 6 nitrogen and oxygen atoms in total. The lowest BCUT2D eigenvalue weighted by Gasteiger charge is -2.32. The first-order chi connectivity index (χ1) is 12.1. The smallest absolute Gasteiger partial charge is 0.272 e. The van der Waals surface area contributed by atoms with Gasteiger partial charge < -0.3 is 15.1 Å². The molecule has 2 heterocycles. The lowest BCUT2D eigenvalue weighted by molar-refractivity contribution is 0.0658. The molecule has 0 bridgehead atoms. The topological polar surface area (TPSA) is 61.4 Å². The summed E-state index contributed by atoms with van der Waals surface area (Å²) < 4.78 is 13.6. The number of likely N-dealkylation sites (N-methyl/N-ethyl adjacent to an activating group) is 1. The molecule has 0 saturated carbocycles. The molecule has 25 heavy (non-hydrogen) atoms. The van der Waals surface area contributed by atoms with Crippen LogP contribution in [0.2, 0.25) is 0 Å². The summed E-state index contributed by atoms with van der Waals surface area (Å²) in [5, 5.41) is 3.06. The van der Waals surface area contributed by atoms with Crippen LogP contribution in [0.15, 0.2) is 36.5 Å². The summed E-state index contributed by atoms with van der Waals surface area (Å²) in [6.45, 7) is 3.63. The normalized spacial score (nSPS) is 15.2. The minimum Gasteiger partial charge on any atom is -0.354 e. The van der Waals surface area contributed by atoms with Gasteiger partial charge in [0.25, 0.3) is 5.91 Å². The maximum Gasteiger partial charge on any atom is 0.272 e. The minimum atomic E-state index is -0.218. The maximum atomic E-state index is 13.6. The van der Waals surface area contributed by atoms with Crippen LogP contribution in [0, 0.1) is 5.82 Å². The molecule has 0 unspecified atom stereocenters. The lowest BCUT2D eigenvalue weighted by atomic mass is 10.1. The van der Waals surface area contributed by atoms with E-state index in [2.05, 4.69) is 20.2 Å². The van der Waals surface area contributed by atoms with Crippen molar-refractivity contribution in [2.24, 2.45) is 0 Å². The van der Waals surface area contributed by atoms with Crippen molar-refractivity contribution in [1.82, 2.24) is 19.8 Å². The Morgan fingerprint density at radius 1 is 1.20 bits per heavy atom. The predicted octanol–water partition coefficient (Wildman–Crippen LogP) is 1.66. The van der Waals surface area contributed by atoms with E-state index in [1.807, 2.05) is 18.0 Å². The van der Waals surface area contributed by atoms with E-state index in [0.29, 0.717) is 43.3 Å². The molecule has 1 aromatic carbocycles. The van der Waals surface area contributed by atoms with Crippen LogP contribution in [-0.4, -0.2) is 65.4 Å². The lowest BCUT2D eigenvalue weighted by Crippen LogP contribution is -2.47. The molecule has 1 aliphatic rings. The van der Waals surface area contributed by atoms with Crippen LogP contribution in [0.4, 0.5) is 10.3 Å². The first kappa shape index (κ1) is 17.3. The minimum absolute atomic E-state index is 0.0762. The first-order valence-corrected chi connectivity index (χ1v) is 8.41. The van der Waals surface area contributed by atoms with E-state index in [4.69, 9.17) is 0 Å². The highest BCUT2D eigenvalue weighted by Gasteiger charge is 2.21. The molecule has 3 rings (SSSR count). The van der Waals surface area contributed by atoms with Gasteiger partial charge in [-0.3, -0.25) is 4.79 Å². The fourth-order valence-electron chi connectivity index (χ4n) is 2.74. The molecule has 7 heteroatoms. The van der Waals surface area contributed by atoms with Crippen molar-refractivity contribution >= 4 is 11.9 Å². The van der Waals surface area contributed by atoms with E-state index in [0.717, 1.165) is 13.1 Å². The monoisotopic (exact) mass is 343 g/mol. The van der Waals surface area contributed by atoms with Crippen LogP contribution in [-0.2, 0) is 6.42 Å². The third-order valence-electron chi connectivity index (χ3n) is 4.30. The van der Waals surface area contributed by atoms with E-state index >= 15 is 0 Å². The SMILES string of the molecule is CN1CCN(C(=O)c2ccnc(NCCc3ccccc3F)n2)CC1. The number of hydrogen-bond donors (Lipinski definition) is 1. The molecule has 1 N–H and O–H groups in total. The number of hydrogen-bond acceptors (Lipinski definition) is 5. The van der Waals surface area contributed by atoms with Gasteiger partial charge in [-0.25, -0.2) is 14.4 Å². The van der Waals surface area contributed by atoms with Crippen LogP contribution in [0.3, 0.4) is 0 Å². The Balaban J connectivity index is 1.58. The van der Waals surface area contributed by atoms with Crippen LogP contribution >= 0.6 is 0 Å². The molecular weight excluding hydrogens is 321 g/mol. The molecule has 1 aliphatic heterocycles. The number of nitrogens with one attached hydrogen (secondary N) is 1. The van der Waals surface area contributed by atoms with Crippen molar-refractivity contribution in [2.75, 3.05) is 45.1 Å². The number of halogens is 1. The Morgan fingerprint density at radius 2 is 1.96 bits per heavy atom. The number of nitrogens with zero attached hydrogens (tertiary/aromatic N) is 4. The van der Waals surface area contributed by atoms with E-state index in [9.17, 15) is 9.18 Å². The van der Waals surface area contributed by atoms with Crippen molar-refractivity contribution in [3.63, 3.8) is 0 Å². The first-order valence-electron chi connectivity index (χ1n) is 8.41. The summed E-state index contributed by atoms with van der Waals surface area (Å²) in [5.41, 5.74) is 1.02. The molecule has 0 radical (unpaired) electrons. The highest BCUT2D eigenvalue weighted by atomic mass is 19.1. The second-order valence-electron chi connectivity index (χ2n) is 6.13. The molecule has 132 valence electrons. The average molecular weight is 343 g/mol.